The van der Waals surface area contributed by atoms with Gasteiger partial charge in [0, 0.05) is 17.9 Å². The molecule has 1 aliphatic rings. The van der Waals surface area contributed by atoms with Gasteiger partial charge in [-0.15, -0.1) is 0 Å². The predicted molar refractivity (Wildman–Crippen MR) is 54.6 cm³/mol. The second-order valence-electron chi connectivity index (χ2n) is 4.76. The van der Waals surface area contributed by atoms with Crippen molar-refractivity contribution in [2.24, 2.45) is 5.41 Å². The summed E-state index contributed by atoms with van der Waals surface area (Å²) in [5, 5.41) is 0. The minimum absolute atomic E-state index is 0.0107. The summed E-state index contributed by atoms with van der Waals surface area (Å²) in [5.41, 5.74) is -0.358. The fraction of sp³-hybridized carbons (Fsp3) is 0.818. The van der Waals surface area contributed by atoms with E-state index >= 15 is 0 Å². The lowest BCUT2D eigenvalue weighted by Crippen LogP contribution is -2.39. The molecule has 1 heterocycles. The number of hydrogen-bond acceptors (Lipinski definition) is 2. The number of imide groups is 1. The van der Waals surface area contributed by atoms with Gasteiger partial charge in [0.2, 0.25) is 11.8 Å². The molecular weight excluding hydrogens is 178 g/mol. The summed E-state index contributed by atoms with van der Waals surface area (Å²) in [6, 6.07) is 0.0662. The molecule has 14 heavy (non-hydrogen) atoms. The van der Waals surface area contributed by atoms with Crippen LogP contribution in [0.1, 0.15) is 47.0 Å². The van der Waals surface area contributed by atoms with Crippen LogP contribution in [-0.4, -0.2) is 22.8 Å². The second-order valence-corrected chi connectivity index (χ2v) is 4.76. The molecule has 0 aliphatic carbocycles. The number of rotatable bonds is 2. The molecule has 1 saturated heterocycles. The number of nitrogens with zero attached hydrogens (tertiary/aromatic N) is 1. The Morgan fingerprint density at radius 3 is 2.50 bits per heavy atom. The molecule has 3 nitrogen and oxygen atoms in total. The minimum atomic E-state index is -0.358. The molecule has 0 aromatic heterocycles. The topological polar surface area (TPSA) is 37.4 Å². The van der Waals surface area contributed by atoms with E-state index in [1.54, 1.807) is 0 Å². The molecule has 1 atom stereocenters. The largest absolute Gasteiger partial charge is 0.279 e. The van der Waals surface area contributed by atoms with E-state index in [0.29, 0.717) is 6.42 Å². The predicted octanol–water partition coefficient (Wildman–Crippen LogP) is 1.96. The quantitative estimate of drug-likeness (QED) is 0.678. The van der Waals surface area contributed by atoms with E-state index in [0.717, 1.165) is 12.8 Å². The van der Waals surface area contributed by atoms with E-state index < -0.39 is 0 Å². The Morgan fingerprint density at radius 1 is 1.57 bits per heavy atom. The van der Waals surface area contributed by atoms with Crippen LogP contribution in [0.2, 0.25) is 0 Å². The molecular formula is C11H19NO2. The van der Waals surface area contributed by atoms with Crippen molar-refractivity contribution in [3.8, 4) is 0 Å². The molecule has 1 fully saturated rings. The average Bonchev–Trinajstić information content (AvgIpc) is 2.22. The van der Waals surface area contributed by atoms with Crippen LogP contribution in [-0.2, 0) is 9.59 Å². The molecule has 0 N–H and O–H groups in total. The maximum Gasteiger partial charge on any atom is 0.235 e. The van der Waals surface area contributed by atoms with Gasteiger partial charge < -0.3 is 0 Å². The van der Waals surface area contributed by atoms with Crippen molar-refractivity contribution >= 4 is 11.8 Å². The molecule has 0 aromatic carbocycles. The number of likely N-dealkylation sites (tertiary alicyclic amines) is 1. The van der Waals surface area contributed by atoms with E-state index in [1.165, 1.54) is 4.90 Å². The van der Waals surface area contributed by atoms with Gasteiger partial charge in [0.1, 0.15) is 0 Å². The van der Waals surface area contributed by atoms with Crippen LogP contribution in [0.3, 0.4) is 0 Å². The van der Waals surface area contributed by atoms with Gasteiger partial charge in [-0.05, 0) is 19.8 Å². The van der Waals surface area contributed by atoms with Crippen LogP contribution in [0.25, 0.3) is 0 Å². The highest BCUT2D eigenvalue weighted by atomic mass is 16.2. The third-order valence-electron chi connectivity index (χ3n) is 2.78. The highest BCUT2D eigenvalue weighted by molar-refractivity contribution is 5.99. The summed E-state index contributed by atoms with van der Waals surface area (Å²) in [7, 11) is 0. The molecule has 0 unspecified atom stereocenters. The maximum atomic E-state index is 11.9. The lowest BCUT2D eigenvalue weighted by Gasteiger charge is -2.20. The zero-order valence-electron chi connectivity index (χ0n) is 9.46. The molecule has 0 radical (unpaired) electrons. The Labute approximate surface area is 85.5 Å². The van der Waals surface area contributed by atoms with Crippen LogP contribution >= 0.6 is 0 Å². The summed E-state index contributed by atoms with van der Waals surface area (Å²) in [5.74, 6) is -0.0287. The Morgan fingerprint density at radius 2 is 2.14 bits per heavy atom. The summed E-state index contributed by atoms with van der Waals surface area (Å²) in [6.07, 6.45) is 2.06. The molecule has 0 aromatic rings. The van der Waals surface area contributed by atoms with Gasteiger partial charge in [0.25, 0.3) is 0 Å². The number of amides is 2. The Bertz CT molecular complexity index is 258. The van der Waals surface area contributed by atoms with E-state index in [-0.39, 0.29) is 23.3 Å². The van der Waals surface area contributed by atoms with E-state index in [1.807, 2.05) is 27.7 Å². The monoisotopic (exact) mass is 197 g/mol. The van der Waals surface area contributed by atoms with Crippen LogP contribution in [0.15, 0.2) is 0 Å². The van der Waals surface area contributed by atoms with Gasteiger partial charge in [-0.1, -0.05) is 20.8 Å². The van der Waals surface area contributed by atoms with E-state index in [4.69, 9.17) is 0 Å². The van der Waals surface area contributed by atoms with Gasteiger partial charge in [0.05, 0.1) is 0 Å². The summed E-state index contributed by atoms with van der Waals surface area (Å²) >= 11 is 0. The van der Waals surface area contributed by atoms with Crippen molar-refractivity contribution in [3.63, 3.8) is 0 Å². The molecule has 1 aliphatic heterocycles. The van der Waals surface area contributed by atoms with Crippen molar-refractivity contribution in [1.29, 1.82) is 0 Å². The molecule has 3 heteroatoms. The van der Waals surface area contributed by atoms with Gasteiger partial charge in [-0.3, -0.25) is 14.5 Å². The highest BCUT2D eigenvalue weighted by Crippen LogP contribution is 2.35. The van der Waals surface area contributed by atoms with E-state index in [9.17, 15) is 9.59 Å². The first-order chi connectivity index (χ1) is 6.40. The number of hydrogen-bond donors (Lipinski definition) is 0. The fourth-order valence-corrected chi connectivity index (χ4v) is 2.14. The summed E-state index contributed by atoms with van der Waals surface area (Å²) in [4.78, 5) is 25.0. The van der Waals surface area contributed by atoms with Gasteiger partial charge >= 0.3 is 0 Å². The minimum Gasteiger partial charge on any atom is -0.279 e. The summed E-state index contributed by atoms with van der Waals surface area (Å²) < 4.78 is 0. The van der Waals surface area contributed by atoms with Gasteiger partial charge in [-0.2, -0.15) is 0 Å². The van der Waals surface area contributed by atoms with Gasteiger partial charge in [-0.25, -0.2) is 0 Å². The Hall–Kier alpha value is -0.860. The Balaban J connectivity index is 2.80. The molecule has 80 valence electrons. The fourth-order valence-electron chi connectivity index (χ4n) is 2.14. The normalized spacial score (nSPS) is 25.6. The molecule has 1 rings (SSSR count). The highest BCUT2D eigenvalue weighted by Gasteiger charge is 2.45. The van der Waals surface area contributed by atoms with Crippen molar-refractivity contribution in [1.82, 2.24) is 4.90 Å². The second kappa shape index (κ2) is 3.71. The van der Waals surface area contributed by atoms with Gasteiger partial charge in [0.15, 0.2) is 0 Å². The molecule has 0 bridgehead atoms. The first-order valence-corrected chi connectivity index (χ1v) is 5.26. The van der Waals surface area contributed by atoms with Crippen LogP contribution in [0, 0.1) is 5.41 Å². The first kappa shape index (κ1) is 11.2. The van der Waals surface area contributed by atoms with Crippen LogP contribution in [0.4, 0.5) is 0 Å². The van der Waals surface area contributed by atoms with Crippen molar-refractivity contribution in [2.75, 3.05) is 0 Å². The van der Waals surface area contributed by atoms with Crippen LogP contribution in [0.5, 0.6) is 0 Å². The Kier molecular flexibility index (Phi) is 2.98. The van der Waals surface area contributed by atoms with Crippen molar-refractivity contribution in [3.05, 3.63) is 0 Å². The first-order valence-electron chi connectivity index (χ1n) is 5.26. The van der Waals surface area contributed by atoms with Crippen LogP contribution < -0.4 is 0 Å². The van der Waals surface area contributed by atoms with E-state index in [2.05, 4.69) is 0 Å². The smallest absolute Gasteiger partial charge is 0.235 e. The number of carbonyl (C=O) groups is 2. The lowest BCUT2D eigenvalue weighted by molar-refractivity contribution is -0.146. The third-order valence-corrected chi connectivity index (χ3v) is 2.78. The zero-order chi connectivity index (χ0) is 10.9. The lowest BCUT2D eigenvalue weighted by atomic mass is 9.90. The zero-order valence-corrected chi connectivity index (χ0v) is 9.46. The average molecular weight is 197 g/mol. The van der Waals surface area contributed by atoms with Crippen molar-refractivity contribution < 1.29 is 9.59 Å². The van der Waals surface area contributed by atoms with Crippen molar-refractivity contribution in [2.45, 2.75) is 53.0 Å². The number of carbonyl (C=O) groups excluding carboxylic acids is 2. The third kappa shape index (κ3) is 1.81. The SMILES string of the molecule is CCCC(=O)N1C(=O)C(C)(C)C[C@H]1C. The standard InChI is InChI=1S/C11H19NO2/c1-5-6-9(13)12-8(2)7-11(3,4)10(12)14/h8H,5-7H2,1-4H3/t8-/m1/s1. The molecule has 2 amide bonds. The maximum absolute atomic E-state index is 11.9. The molecule has 0 spiro atoms. The molecule has 0 saturated carbocycles. The summed E-state index contributed by atoms with van der Waals surface area (Å²) in [6.45, 7) is 7.71.